The van der Waals surface area contributed by atoms with Crippen LogP contribution in [0.25, 0.3) is 11.1 Å². The molecule has 0 spiro atoms. The van der Waals surface area contributed by atoms with E-state index in [-0.39, 0.29) is 13.2 Å². The van der Waals surface area contributed by atoms with Crippen molar-refractivity contribution in [2.24, 2.45) is 0 Å². The number of aryl methyl sites for hydroxylation is 1. The number of thiazole rings is 1. The first-order valence-electron chi connectivity index (χ1n) is 6.84. The molecule has 1 aromatic carbocycles. The molecule has 114 valence electrons. The molecule has 0 aliphatic rings. The summed E-state index contributed by atoms with van der Waals surface area (Å²) in [6.45, 7) is 1.95. The number of carbonyl (C=O) groups excluding carboxylic acids is 1. The Balaban J connectivity index is 1.68. The van der Waals surface area contributed by atoms with Crippen LogP contribution >= 0.6 is 11.3 Å². The number of fused-ring (bicyclic) bond motifs is 1. The molecule has 0 aliphatic heterocycles. The fourth-order valence-corrected chi connectivity index (χ4v) is 2.80. The van der Waals surface area contributed by atoms with Gasteiger partial charge in [-0.3, -0.25) is 9.36 Å². The number of ether oxygens (including phenoxy) is 1. The van der Waals surface area contributed by atoms with Gasteiger partial charge in [-0.1, -0.05) is 19.1 Å². The van der Waals surface area contributed by atoms with Crippen molar-refractivity contribution in [2.75, 3.05) is 0 Å². The van der Waals surface area contributed by atoms with Gasteiger partial charge < -0.3 is 9.15 Å². The van der Waals surface area contributed by atoms with Gasteiger partial charge in [0.25, 0.3) is 0 Å². The van der Waals surface area contributed by atoms with Crippen LogP contribution in [0.5, 0.6) is 0 Å². The van der Waals surface area contributed by atoms with Crippen molar-refractivity contribution in [3.63, 3.8) is 0 Å². The summed E-state index contributed by atoms with van der Waals surface area (Å²) >= 11 is 1.54. The number of carbonyl (C=O) groups is 1. The molecule has 0 N–H and O–H groups in total. The standard InChI is InChI=1S/C15H14N2O4S/c1-2-13-16-10(9-22-13)8-20-14(18)7-17-11-5-3-4-6-12(11)21-15(17)19/h3-6,9H,2,7-8H2,1H3. The van der Waals surface area contributed by atoms with Crippen LogP contribution in [0.3, 0.4) is 0 Å². The van der Waals surface area contributed by atoms with E-state index in [0.717, 1.165) is 17.1 Å². The number of hydrogen-bond donors (Lipinski definition) is 0. The molecule has 3 rings (SSSR count). The fraction of sp³-hybridized carbons (Fsp3) is 0.267. The minimum atomic E-state index is -0.569. The maximum atomic E-state index is 11.9. The zero-order valence-electron chi connectivity index (χ0n) is 11.9. The van der Waals surface area contributed by atoms with Gasteiger partial charge in [-0.2, -0.15) is 0 Å². The lowest BCUT2D eigenvalue weighted by molar-refractivity contribution is -0.145. The van der Waals surface area contributed by atoms with E-state index in [0.29, 0.717) is 11.1 Å². The fourth-order valence-electron chi connectivity index (χ4n) is 2.07. The molecule has 3 aromatic rings. The van der Waals surface area contributed by atoms with E-state index in [2.05, 4.69) is 4.98 Å². The molecular formula is C15H14N2O4S. The lowest BCUT2D eigenvalue weighted by atomic mass is 10.3. The van der Waals surface area contributed by atoms with Gasteiger partial charge in [0.05, 0.1) is 16.2 Å². The predicted molar refractivity (Wildman–Crippen MR) is 81.8 cm³/mol. The highest BCUT2D eigenvalue weighted by atomic mass is 32.1. The number of esters is 1. The number of rotatable bonds is 5. The Bertz CT molecular complexity index is 862. The smallest absolute Gasteiger partial charge is 0.420 e. The quantitative estimate of drug-likeness (QED) is 0.675. The normalized spacial score (nSPS) is 11.0. The van der Waals surface area contributed by atoms with Crippen LogP contribution in [-0.2, 0) is 29.1 Å². The molecule has 0 aliphatic carbocycles. The number of benzene rings is 1. The third-order valence-corrected chi connectivity index (χ3v) is 4.19. The van der Waals surface area contributed by atoms with Gasteiger partial charge in [-0.05, 0) is 18.6 Å². The van der Waals surface area contributed by atoms with Gasteiger partial charge in [0.1, 0.15) is 13.2 Å². The third kappa shape index (κ3) is 2.94. The zero-order chi connectivity index (χ0) is 15.5. The Kier molecular flexibility index (Phi) is 4.06. The zero-order valence-corrected chi connectivity index (χ0v) is 12.8. The molecule has 7 heteroatoms. The topological polar surface area (TPSA) is 74.3 Å². The first kappa shape index (κ1) is 14.5. The van der Waals surface area contributed by atoms with Crippen molar-refractivity contribution in [3.05, 3.63) is 50.9 Å². The van der Waals surface area contributed by atoms with Crippen LogP contribution in [0.2, 0.25) is 0 Å². The van der Waals surface area contributed by atoms with E-state index >= 15 is 0 Å². The summed E-state index contributed by atoms with van der Waals surface area (Å²) in [5.41, 5.74) is 1.75. The largest absolute Gasteiger partial charge is 0.458 e. The average Bonchev–Trinajstić information content (AvgIpc) is 3.10. The third-order valence-electron chi connectivity index (χ3n) is 3.14. The first-order valence-corrected chi connectivity index (χ1v) is 7.72. The van der Waals surface area contributed by atoms with Gasteiger partial charge in [0.2, 0.25) is 0 Å². The molecule has 2 heterocycles. The molecular weight excluding hydrogens is 304 g/mol. The molecule has 0 fully saturated rings. The maximum absolute atomic E-state index is 11.9. The van der Waals surface area contributed by atoms with Crippen LogP contribution in [0.1, 0.15) is 17.6 Å². The van der Waals surface area contributed by atoms with E-state index in [1.165, 1.54) is 15.9 Å². The molecule has 0 atom stereocenters. The van der Waals surface area contributed by atoms with E-state index in [1.807, 2.05) is 12.3 Å². The predicted octanol–water partition coefficient (Wildman–Crippen LogP) is 2.36. The van der Waals surface area contributed by atoms with Crippen molar-refractivity contribution < 1.29 is 13.9 Å². The van der Waals surface area contributed by atoms with Gasteiger partial charge in [-0.15, -0.1) is 11.3 Å². The van der Waals surface area contributed by atoms with Crippen LogP contribution in [0.4, 0.5) is 0 Å². The van der Waals surface area contributed by atoms with Crippen molar-refractivity contribution in [1.82, 2.24) is 9.55 Å². The summed E-state index contributed by atoms with van der Waals surface area (Å²) in [7, 11) is 0. The molecule has 0 unspecified atom stereocenters. The van der Waals surface area contributed by atoms with Crippen LogP contribution in [0.15, 0.2) is 38.9 Å². The van der Waals surface area contributed by atoms with Gasteiger partial charge in [0.15, 0.2) is 5.58 Å². The Labute approximate surface area is 130 Å². The van der Waals surface area contributed by atoms with Gasteiger partial charge in [0, 0.05) is 5.38 Å². The van der Waals surface area contributed by atoms with Crippen molar-refractivity contribution in [1.29, 1.82) is 0 Å². The Morgan fingerprint density at radius 1 is 1.41 bits per heavy atom. The first-order chi connectivity index (χ1) is 10.7. The van der Waals surface area contributed by atoms with Crippen LogP contribution < -0.4 is 5.76 Å². The minimum absolute atomic E-state index is 0.111. The van der Waals surface area contributed by atoms with Gasteiger partial charge >= 0.3 is 11.7 Å². The van der Waals surface area contributed by atoms with Crippen LogP contribution in [-0.4, -0.2) is 15.5 Å². The molecule has 0 radical (unpaired) electrons. The molecule has 0 saturated carbocycles. The maximum Gasteiger partial charge on any atom is 0.420 e. The Hall–Kier alpha value is -2.41. The number of aromatic nitrogens is 2. The van der Waals surface area contributed by atoms with Crippen LogP contribution in [0, 0.1) is 0 Å². The van der Waals surface area contributed by atoms with Crippen molar-refractivity contribution in [3.8, 4) is 0 Å². The monoisotopic (exact) mass is 318 g/mol. The number of nitrogens with zero attached hydrogens (tertiary/aromatic N) is 2. The second kappa shape index (κ2) is 6.15. The lowest BCUT2D eigenvalue weighted by Crippen LogP contribution is -2.21. The van der Waals surface area contributed by atoms with E-state index < -0.39 is 11.7 Å². The Morgan fingerprint density at radius 2 is 2.23 bits per heavy atom. The average molecular weight is 318 g/mol. The number of oxazole rings is 1. The van der Waals surface area contributed by atoms with E-state index in [1.54, 1.807) is 24.3 Å². The minimum Gasteiger partial charge on any atom is -0.458 e. The second-order valence-electron chi connectivity index (χ2n) is 4.67. The molecule has 22 heavy (non-hydrogen) atoms. The molecule has 0 amide bonds. The second-order valence-corrected chi connectivity index (χ2v) is 5.61. The SMILES string of the molecule is CCc1nc(COC(=O)Cn2c(=O)oc3ccccc32)cs1. The van der Waals surface area contributed by atoms with E-state index in [9.17, 15) is 9.59 Å². The highest BCUT2D eigenvalue weighted by Gasteiger charge is 2.13. The molecule has 0 saturated heterocycles. The van der Waals surface area contributed by atoms with Crippen molar-refractivity contribution >= 4 is 28.4 Å². The summed E-state index contributed by atoms with van der Waals surface area (Å²) < 4.78 is 11.5. The summed E-state index contributed by atoms with van der Waals surface area (Å²) in [5.74, 6) is -1.07. The summed E-state index contributed by atoms with van der Waals surface area (Å²) in [4.78, 5) is 28.0. The Morgan fingerprint density at radius 3 is 3.00 bits per heavy atom. The summed E-state index contributed by atoms with van der Waals surface area (Å²) in [6.07, 6.45) is 0.856. The van der Waals surface area contributed by atoms with Gasteiger partial charge in [-0.25, -0.2) is 9.78 Å². The summed E-state index contributed by atoms with van der Waals surface area (Å²) in [5, 5.41) is 2.87. The molecule has 6 nitrogen and oxygen atoms in total. The number of para-hydroxylation sites is 2. The molecule has 2 aromatic heterocycles. The highest BCUT2D eigenvalue weighted by Crippen LogP contribution is 2.13. The highest BCUT2D eigenvalue weighted by molar-refractivity contribution is 7.09. The van der Waals surface area contributed by atoms with E-state index in [4.69, 9.17) is 9.15 Å². The number of hydrogen-bond acceptors (Lipinski definition) is 6. The summed E-state index contributed by atoms with van der Waals surface area (Å²) in [6, 6.07) is 6.95. The lowest BCUT2D eigenvalue weighted by Gasteiger charge is -2.03. The molecule has 0 bridgehead atoms. The van der Waals surface area contributed by atoms with Crippen molar-refractivity contribution in [2.45, 2.75) is 26.5 Å².